The zero-order valence-corrected chi connectivity index (χ0v) is 12.2. The van der Waals surface area contributed by atoms with Crippen molar-refractivity contribution in [2.75, 3.05) is 19.6 Å². The Labute approximate surface area is 110 Å². The van der Waals surface area contributed by atoms with E-state index < -0.39 is 5.91 Å². The number of hydrogen-bond acceptors (Lipinski definition) is 3. The minimum atomic E-state index is -0.465. The van der Waals surface area contributed by atoms with E-state index in [1.807, 2.05) is 34.6 Å². The summed E-state index contributed by atoms with van der Waals surface area (Å²) in [6, 6.07) is 0. The van der Waals surface area contributed by atoms with Gasteiger partial charge in [-0.1, -0.05) is 13.8 Å². The Morgan fingerprint density at radius 2 is 1.83 bits per heavy atom. The van der Waals surface area contributed by atoms with Gasteiger partial charge >= 0.3 is 0 Å². The van der Waals surface area contributed by atoms with E-state index >= 15 is 0 Å². The summed E-state index contributed by atoms with van der Waals surface area (Å²) in [5.41, 5.74) is 5.15. The molecule has 0 spiro atoms. The van der Waals surface area contributed by atoms with E-state index in [-0.39, 0.29) is 18.0 Å². The minimum absolute atomic E-state index is 0.00648. The molecule has 0 aromatic heterocycles. The lowest BCUT2D eigenvalue weighted by molar-refractivity contribution is -0.135. The van der Waals surface area contributed by atoms with Crippen LogP contribution in [-0.2, 0) is 9.59 Å². The largest absolute Gasteiger partial charge is 0.368 e. The highest BCUT2D eigenvalue weighted by atomic mass is 16.2. The average molecular weight is 257 g/mol. The fourth-order valence-electron chi connectivity index (χ4n) is 1.59. The minimum Gasteiger partial charge on any atom is -0.368 e. The predicted molar refractivity (Wildman–Crippen MR) is 73.0 cm³/mol. The second kappa shape index (κ2) is 7.36. The summed E-state index contributed by atoms with van der Waals surface area (Å²) in [4.78, 5) is 24.5. The number of carbonyl (C=O) groups excluding carboxylic acids is 2. The van der Waals surface area contributed by atoms with Crippen molar-refractivity contribution in [1.29, 1.82) is 0 Å². The molecule has 0 heterocycles. The molecule has 0 aromatic rings. The van der Waals surface area contributed by atoms with Crippen molar-refractivity contribution >= 4 is 11.8 Å². The SMILES string of the molecule is CC(C)CN(CC(N)=O)C(=O)CCNC(C)(C)C. The van der Waals surface area contributed by atoms with Crippen molar-refractivity contribution in [2.24, 2.45) is 11.7 Å². The Balaban J connectivity index is 4.25. The molecule has 0 aliphatic rings. The molecule has 3 N–H and O–H groups in total. The topological polar surface area (TPSA) is 75.4 Å². The van der Waals surface area contributed by atoms with Gasteiger partial charge in [0.15, 0.2) is 0 Å². The zero-order chi connectivity index (χ0) is 14.3. The number of nitrogens with two attached hydrogens (primary N) is 1. The number of carbonyl (C=O) groups is 2. The van der Waals surface area contributed by atoms with Crippen LogP contribution in [0.25, 0.3) is 0 Å². The zero-order valence-electron chi connectivity index (χ0n) is 12.2. The molecule has 0 saturated carbocycles. The lowest BCUT2D eigenvalue weighted by atomic mass is 10.1. The van der Waals surface area contributed by atoms with Gasteiger partial charge in [0, 0.05) is 25.0 Å². The van der Waals surface area contributed by atoms with E-state index in [2.05, 4.69) is 5.32 Å². The van der Waals surface area contributed by atoms with Crippen molar-refractivity contribution in [1.82, 2.24) is 10.2 Å². The third-order valence-corrected chi connectivity index (χ3v) is 2.28. The Hall–Kier alpha value is -1.10. The van der Waals surface area contributed by atoms with E-state index in [4.69, 9.17) is 5.73 Å². The molecule has 0 rings (SSSR count). The van der Waals surface area contributed by atoms with Crippen LogP contribution in [0.2, 0.25) is 0 Å². The molecule has 0 radical (unpaired) electrons. The molecule has 0 bridgehead atoms. The first-order valence-corrected chi connectivity index (χ1v) is 6.43. The molecule has 0 saturated heterocycles. The second-order valence-corrected chi connectivity index (χ2v) is 6.06. The van der Waals surface area contributed by atoms with Crippen molar-refractivity contribution in [3.05, 3.63) is 0 Å². The summed E-state index contributed by atoms with van der Waals surface area (Å²) < 4.78 is 0. The summed E-state index contributed by atoms with van der Waals surface area (Å²) in [5, 5.41) is 3.25. The molecular formula is C13H27N3O2. The van der Waals surface area contributed by atoms with Gasteiger partial charge in [-0.2, -0.15) is 0 Å². The quantitative estimate of drug-likeness (QED) is 0.706. The van der Waals surface area contributed by atoms with Crippen LogP contribution >= 0.6 is 0 Å². The van der Waals surface area contributed by atoms with Crippen LogP contribution in [0.5, 0.6) is 0 Å². The number of hydrogen-bond donors (Lipinski definition) is 2. The summed E-state index contributed by atoms with van der Waals surface area (Å²) in [6.45, 7) is 11.3. The van der Waals surface area contributed by atoms with Crippen molar-refractivity contribution in [3.63, 3.8) is 0 Å². The van der Waals surface area contributed by atoms with E-state index in [9.17, 15) is 9.59 Å². The van der Waals surface area contributed by atoms with E-state index in [1.54, 1.807) is 0 Å². The van der Waals surface area contributed by atoms with Gasteiger partial charge in [0.1, 0.15) is 0 Å². The van der Waals surface area contributed by atoms with Gasteiger partial charge in [-0.25, -0.2) is 0 Å². The van der Waals surface area contributed by atoms with Crippen LogP contribution < -0.4 is 11.1 Å². The molecule has 18 heavy (non-hydrogen) atoms. The van der Waals surface area contributed by atoms with Gasteiger partial charge in [0.25, 0.3) is 0 Å². The van der Waals surface area contributed by atoms with Gasteiger partial charge in [0.2, 0.25) is 11.8 Å². The van der Waals surface area contributed by atoms with Gasteiger partial charge < -0.3 is 16.0 Å². The molecule has 0 aliphatic carbocycles. The van der Waals surface area contributed by atoms with Gasteiger partial charge in [0.05, 0.1) is 6.54 Å². The second-order valence-electron chi connectivity index (χ2n) is 6.06. The molecule has 0 atom stereocenters. The summed E-state index contributed by atoms with van der Waals surface area (Å²) in [6.07, 6.45) is 0.386. The molecule has 0 unspecified atom stereocenters. The first-order valence-electron chi connectivity index (χ1n) is 6.43. The van der Waals surface area contributed by atoms with Crippen LogP contribution in [0.4, 0.5) is 0 Å². The molecule has 0 aromatic carbocycles. The fourth-order valence-corrected chi connectivity index (χ4v) is 1.59. The van der Waals surface area contributed by atoms with Gasteiger partial charge in [-0.15, -0.1) is 0 Å². The Morgan fingerprint density at radius 1 is 1.28 bits per heavy atom. The highest BCUT2D eigenvalue weighted by Crippen LogP contribution is 2.03. The highest BCUT2D eigenvalue weighted by molar-refractivity contribution is 5.83. The number of nitrogens with zero attached hydrogens (tertiary/aromatic N) is 1. The van der Waals surface area contributed by atoms with Crippen LogP contribution in [0.15, 0.2) is 0 Å². The maximum atomic E-state index is 12.0. The standard InChI is InChI=1S/C13H27N3O2/c1-10(2)8-16(9-11(14)17)12(18)6-7-15-13(3,4)5/h10,15H,6-9H2,1-5H3,(H2,14,17). The molecule has 106 valence electrons. The average Bonchev–Trinajstić information content (AvgIpc) is 2.12. The predicted octanol–water partition coefficient (Wildman–Crippen LogP) is 0.735. The number of nitrogens with one attached hydrogen (secondary N) is 1. The highest BCUT2D eigenvalue weighted by Gasteiger charge is 2.17. The maximum Gasteiger partial charge on any atom is 0.237 e. The first kappa shape index (κ1) is 16.9. The normalized spacial score (nSPS) is 11.7. The van der Waals surface area contributed by atoms with Gasteiger partial charge in [-0.05, 0) is 26.7 Å². The Bertz CT molecular complexity index is 282. The van der Waals surface area contributed by atoms with Crippen LogP contribution in [-0.4, -0.2) is 41.9 Å². The van der Waals surface area contributed by atoms with Crippen LogP contribution in [0.3, 0.4) is 0 Å². The fraction of sp³-hybridized carbons (Fsp3) is 0.846. The molecule has 2 amide bonds. The third kappa shape index (κ3) is 8.98. The van der Waals surface area contributed by atoms with Crippen molar-refractivity contribution in [3.8, 4) is 0 Å². The Kier molecular flexibility index (Phi) is 6.91. The molecule has 5 nitrogen and oxygen atoms in total. The summed E-state index contributed by atoms with van der Waals surface area (Å²) in [5.74, 6) is -0.170. The summed E-state index contributed by atoms with van der Waals surface area (Å²) in [7, 11) is 0. The van der Waals surface area contributed by atoms with Crippen LogP contribution in [0, 0.1) is 5.92 Å². The Morgan fingerprint density at radius 3 is 2.22 bits per heavy atom. The summed E-state index contributed by atoms with van der Waals surface area (Å²) >= 11 is 0. The van der Waals surface area contributed by atoms with E-state index in [1.165, 1.54) is 4.90 Å². The smallest absolute Gasteiger partial charge is 0.237 e. The van der Waals surface area contributed by atoms with Crippen molar-refractivity contribution < 1.29 is 9.59 Å². The van der Waals surface area contributed by atoms with E-state index in [0.29, 0.717) is 25.4 Å². The molecule has 5 heteroatoms. The number of amides is 2. The maximum absolute atomic E-state index is 12.0. The third-order valence-electron chi connectivity index (χ3n) is 2.28. The molecule has 0 fully saturated rings. The van der Waals surface area contributed by atoms with Gasteiger partial charge in [-0.3, -0.25) is 9.59 Å². The number of rotatable bonds is 7. The monoisotopic (exact) mass is 257 g/mol. The number of primary amides is 1. The lowest BCUT2D eigenvalue weighted by Crippen LogP contribution is -2.43. The molecular weight excluding hydrogens is 230 g/mol. The first-order chi connectivity index (χ1) is 8.11. The lowest BCUT2D eigenvalue weighted by Gasteiger charge is -2.25. The van der Waals surface area contributed by atoms with Crippen molar-refractivity contribution in [2.45, 2.75) is 46.6 Å². The van der Waals surface area contributed by atoms with E-state index in [0.717, 1.165) is 0 Å². The molecule has 0 aliphatic heterocycles. The van der Waals surface area contributed by atoms with Crippen LogP contribution in [0.1, 0.15) is 41.0 Å².